The van der Waals surface area contributed by atoms with Gasteiger partial charge in [0.1, 0.15) is 10.8 Å². The number of fused-ring (bicyclic) bond motifs is 1. The van der Waals surface area contributed by atoms with Crippen molar-refractivity contribution >= 4 is 40.4 Å². The van der Waals surface area contributed by atoms with Crippen LogP contribution in [0.1, 0.15) is 24.2 Å². The Kier molecular flexibility index (Phi) is 6.15. The standard InChI is InChI=1S/C20H21ClFN3O2S/c1-11(2)10-27-20-16(21)5-12(8-23-20)15-9-25(3)18-7-14(19(26)24-28-4)17(22)6-13(15)18/h5-9,11H,10H2,1-4H3,(H,24,26). The molecule has 0 saturated heterocycles. The zero-order chi connectivity index (χ0) is 20.4. The maximum absolute atomic E-state index is 14.6. The molecule has 0 bridgehead atoms. The second-order valence-corrected chi connectivity index (χ2v) is 7.87. The number of nitrogens with one attached hydrogen (secondary N) is 1. The normalized spacial score (nSPS) is 11.2. The third-order valence-corrected chi connectivity index (χ3v) is 4.85. The molecule has 0 saturated carbocycles. The zero-order valence-corrected chi connectivity index (χ0v) is 17.6. The van der Waals surface area contributed by atoms with Crippen LogP contribution < -0.4 is 9.46 Å². The van der Waals surface area contributed by atoms with Gasteiger partial charge in [0.25, 0.3) is 5.91 Å². The van der Waals surface area contributed by atoms with Crippen LogP contribution in [-0.2, 0) is 7.05 Å². The van der Waals surface area contributed by atoms with Crippen molar-refractivity contribution in [2.45, 2.75) is 13.8 Å². The van der Waals surface area contributed by atoms with Gasteiger partial charge in [0, 0.05) is 47.7 Å². The molecule has 3 rings (SSSR count). The number of halogens is 2. The van der Waals surface area contributed by atoms with Crippen molar-refractivity contribution in [2.75, 3.05) is 12.9 Å². The van der Waals surface area contributed by atoms with Gasteiger partial charge >= 0.3 is 0 Å². The van der Waals surface area contributed by atoms with E-state index in [2.05, 4.69) is 9.71 Å². The van der Waals surface area contributed by atoms with Gasteiger partial charge in [-0.3, -0.25) is 9.52 Å². The smallest absolute Gasteiger partial charge is 0.264 e. The van der Waals surface area contributed by atoms with Crippen molar-refractivity contribution in [2.24, 2.45) is 13.0 Å². The fourth-order valence-corrected chi connectivity index (χ4v) is 3.39. The number of hydrogen-bond acceptors (Lipinski definition) is 4. The second-order valence-electron chi connectivity index (χ2n) is 6.85. The predicted octanol–water partition coefficient (Wildman–Crippen LogP) is 5.08. The van der Waals surface area contributed by atoms with Crippen LogP contribution in [0.15, 0.2) is 30.6 Å². The van der Waals surface area contributed by atoms with Crippen molar-refractivity contribution in [3.8, 4) is 17.0 Å². The van der Waals surface area contributed by atoms with Crippen molar-refractivity contribution in [1.82, 2.24) is 14.3 Å². The Morgan fingerprint density at radius 1 is 1.39 bits per heavy atom. The summed E-state index contributed by atoms with van der Waals surface area (Å²) in [6, 6.07) is 4.68. The maximum Gasteiger partial charge on any atom is 0.264 e. The molecule has 0 aliphatic carbocycles. The van der Waals surface area contributed by atoms with Crippen molar-refractivity contribution in [3.05, 3.63) is 47.0 Å². The van der Waals surface area contributed by atoms with E-state index in [1.807, 2.05) is 31.7 Å². The van der Waals surface area contributed by atoms with E-state index in [4.69, 9.17) is 16.3 Å². The van der Waals surface area contributed by atoms with Crippen LogP contribution in [0.3, 0.4) is 0 Å². The van der Waals surface area contributed by atoms with E-state index in [9.17, 15) is 9.18 Å². The largest absolute Gasteiger partial charge is 0.476 e. The molecular weight excluding hydrogens is 401 g/mol. The van der Waals surface area contributed by atoms with E-state index in [1.165, 1.54) is 6.07 Å². The Bertz CT molecular complexity index is 1040. The number of amides is 1. The lowest BCUT2D eigenvalue weighted by Crippen LogP contribution is -2.16. The minimum absolute atomic E-state index is 0.00295. The summed E-state index contributed by atoms with van der Waals surface area (Å²) in [6.07, 6.45) is 5.23. The van der Waals surface area contributed by atoms with Gasteiger partial charge in [-0.25, -0.2) is 9.37 Å². The minimum Gasteiger partial charge on any atom is -0.476 e. The number of aromatic nitrogens is 2. The number of carbonyl (C=O) groups is 1. The van der Waals surface area contributed by atoms with E-state index < -0.39 is 11.7 Å². The summed E-state index contributed by atoms with van der Waals surface area (Å²) in [5.74, 6) is -0.314. The summed E-state index contributed by atoms with van der Waals surface area (Å²) >= 11 is 7.46. The Morgan fingerprint density at radius 2 is 2.14 bits per heavy atom. The molecule has 1 amide bonds. The molecule has 8 heteroatoms. The third-order valence-electron chi connectivity index (χ3n) is 4.19. The van der Waals surface area contributed by atoms with Crippen LogP contribution >= 0.6 is 23.5 Å². The number of benzene rings is 1. The number of nitrogens with zero attached hydrogens (tertiary/aromatic N) is 2. The lowest BCUT2D eigenvalue weighted by molar-refractivity contribution is 0.0981. The molecular formula is C20H21ClFN3O2S. The summed E-state index contributed by atoms with van der Waals surface area (Å²) in [7, 11) is 1.84. The fraction of sp³-hybridized carbons (Fsp3) is 0.300. The lowest BCUT2D eigenvalue weighted by atomic mass is 10.0. The van der Waals surface area contributed by atoms with Gasteiger partial charge in [0.05, 0.1) is 12.2 Å². The average Bonchev–Trinajstić information content (AvgIpc) is 2.95. The van der Waals surface area contributed by atoms with Crippen LogP contribution in [0, 0.1) is 11.7 Å². The molecule has 0 radical (unpaired) electrons. The van der Waals surface area contributed by atoms with Crippen LogP contribution in [-0.4, -0.2) is 28.3 Å². The van der Waals surface area contributed by atoms with Gasteiger partial charge in [0.15, 0.2) is 0 Å². The highest BCUT2D eigenvalue weighted by Gasteiger charge is 2.18. The Labute approximate surface area is 172 Å². The number of pyridine rings is 1. The predicted molar refractivity (Wildman–Crippen MR) is 112 cm³/mol. The van der Waals surface area contributed by atoms with E-state index in [1.54, 1.807) is 24.6 Å². The van der Waals surface area contributed by atoms with Crippen LogP contribution in [0.2, 0.25) is 5.02 Å². The van der Waals surface area contributed by atoms with E-state index in [0.717, 1.165) is 28.6 Å². The first-order chi connectivity index (χ1) is 13.3. The molecule has 1 aromatic carbocycles. The highest BCUT2D eigenvalue weighted by Crippen LogP contribution is 2.34. The quantitative estimate of drug-likeness (QED) is 0.564. The molecule has 0 aliphatic rings. The molecule has 2 heterocycles. The van der Waals surface area contributed by atoms with Crippen LogP contribution in [0.5, 0.6) is 5.88 Å². The zero-order valence-electron chi connectivity index (χ0n) is 16.0. The molecule has 0 spiro atoms. The van der Waals surface area contributed by atoms with Gasteiger partial charge in [-0.05, 0) is 24.1 Å². The number of aryl methyl sites for hydroxylation is 1. The summed E-state index contributed by atoms with van der Waals surface area (Å²) in [6.45, 7) is 4.60. The SMILES string of the molecule is CSNC(=O)c1cc2c(cc1F)c(-c1cnc(OCC(C)C)c(Cl)c1)cn2C. The summed E-state index contributed by atoms with van der Waals surface area (Å²) < 4.78 is 24.6. The monoisotopic (exact) mass is 421 g/mol. The lowest BCUT2D eigenvalue weighted by Gasteiger charge is -2.10. The number of rotatable bonds is 6. The number of hydrogen-bond donors (Lipinski definition) is 1. The average molecular weight is 422 g/mol. The molecule has 1 N–H and O–H groups in total. The molecule has 0 fully saturated rings. The van der Waals surface area contributed by atoms with E-state index in [0.29, 0.717) is 28.8 Å². The number of ether oxygens (including phenoxy) is 1. The van der Waals surface area contributed by atoms with E-state index >= 15 is 0 Å². The highest BCUT2D eigenvalue weighted by atomic mass is 35.5. The molecule has 0 atom stereocenters. The van der Waals surface area contributed by atoms with Gasteiger partial charge in [-0.1, -0.05) is 37.4 Å². The number of carbonyl (C=O) groups excluding carboxylic acids is 1. The molecule has 148 valence electrons. The van der Waals surface area contributed by atoms with Crippen molar-refractivity contribution < 1.29 is 13.9 Å². The Balaban J connectivity index is 2.03. The topological polar surface area (TPSA) is 56.1 Å². The Morgan fingerprint density at radius 3 is 2.79 bits per heavy atom. The highest BCUT2D eigenvalue weighted by molar-refractivity contribution is 7.97. The molecule has 28 heavy (non-hydrogen) atoms. The maximum atomic E-state index is 14.6. The molecule has 2 aromatic heterocycles. The minimum atomic E-state index is -0.581. The first-order valence-corrected chi connectivity index (χ1v) is 10.3. The molecule has 0 aliphatic heterocycles. The molecule has 5 nitrogen and oxygen atoms in total. The van der Waals surface area contributed by atoms with Crippen molar-refractivity contribution in [3.63, 3.8) is 0 Å². The first-order valence-electron chi connectivity index (χ1n) is 8.72. The van der Waals surface area contributed by atoms with Crippen LogP contribution in [0.25, 0.3) is 22.0 Å². The summed E-state index contributed by atoms with van der Waals surface area (Å²) in [4.78, 5) is 16.4. The summed E-state index contributed by atoms with van der Waals surface area (Å²) in [5.41, 5.74) is 2.26. The van der Waals surface area contributed by atoms with Gasteiger partial charge < -0.3 is 9.30 Å². The second kappa shape index (κ2) is 8.41. The third kappa shape index (κ3) is 4.10. The Hall–Kier alpha value is -2.25. The van der Waals surface area contributed by atoms with E-state index in [-0.39, 0.29) is 5.56 Å². The molecule has 0 unspecified atom stereocenters. The molecule has 3 aromatic rings. The summed E-state index contributed by atoms with van der Waals surface area (Å²) in [5, 5.41) is 1.07. The van der Waals surface area contributed by atoms with Crippen molar-refractivity contribution in [1.29, 1.82) is 0 Å². The van der Waals surface area contributed by atoms with Gasteiger partial charge in [-0.15, -0.1) is 0 Å². The van der Waals surface area contributed by atoms with Gasteiger partial charge in [-0.2, -0.15) is 0 Å². The fourth-order valence-electron chi connectivity index (χ4n) is 2.88. The van der Waals surface area contributed by atoms with Crippen LogP contribution in [0.4, 0.5) is 4.39 Å². The first kappa shape index (κ1) is 20.5. The van der Waals surface area contributed by atoms with Gasteiger partial charge in [0.2, 0.25) is 5.88 Å².